The summed E-state index contributed by atoms with van der Waals surface area (Å²) in [6.45, 7) is 3.25. The first-order valence-corrected chi connectivity index (χ1v) is 8.57. The quantitative estimate of drug-likeness (QED) is 0.665. The van der Waals surface area contributed by atoms with Crippen molar-refractivity contribution in [1.29, 1.82) is 0 Å². The lowest BCUT2D eigenvalue weighted by atomic mass is 10.1. The topological polar surface area (TPSA) is 119 Å². The maximum atomic E-state index is 12.5. The van der Waals surface area contributed by atoms with Gasteiger partial charge in [0.15, 0.2) is 0 Å². The van der Waals surface area contributed by atoms with Gasteiger partial charge in [-0.1, -0.05) is 13.8 Å². The van der Waals surface area contributed by atoms with Crippen molar-refractivity contribution in [1.82, 2.24) is 4.72 Å². The van der Waals surface area contributed by atoms with Gasteiger partial charge in [-0.3, -0.25) is 4.79 Å². The first-order chi connectivity index (χ1) is 11.1. The van der Waals surface area contributed by atoms with E-state index in [2.05, 4.69) is 9.46 Å². The van der Waals surface area contributed by atoms with Gasteiger partial charge >= 0.3 is 11.9 Å². The van der Waals surface area contributed by atoms with E-state index in [4.69, 9.17) is 9.84 Å². The van der Waals surface area contributed by atoms with Crippen LogP contribution in [0.1, 0.15) is 29.8 Å². The minimum absolute atomic E-state index is 0.0313. The maximum Gasteiger partial charge on any atom is 0.337 e. The monoisotopic (exact) mass is 359 g/mol. The Labute approximate surface area is 140 Å². The number of carboxylic acid groups (broad SMARTS) is 1. The number of carbonyl (C=O) groups excluding carboxylic acids is 1. The number of aliphatic carboxylic acids is 1. The molecule has 0 aromatic heterocycles. The summed E-state index contributed by atoms with van der Waals surface area (Å²) in [6, 6.07) is 2.61. The van der Waals surface area contributed by atoms with E-state index in [1.165, 1.54) is 26.4 Å². The lowest BCUT2D eigenvalue weighted by Crippen LogP contribution is -2.44. The number of ether oxygens (including phenoxy) is 2. The summed E-state index contributed by atoms with van der Waals surface area (Å²) in [7, 11) is -1.54. The van der Waals surface area contributed by atoms with Gasteiger partial charge in [-0.15, -0.1) is 0 Å². The number of carbonyl (C=O) groups is 2. The summed E-state index contributed by atoms with van der Waals surface area (Å²) in [5, 5.41) is 9.15. The maximum absolute atomic E-state index is 12.5. The van der Waals surface area contributed by atoms with Crippen LogP contribution < -0.4 is 4.72 Å². The Hall–Kier alpha value is -1.97. The highest BCUT2D eigenvalue weighted by Crippen LogP contribution is 2.18. The highest BCUT2D eigenvalue weighted by Gasteiger charge is 2.28. The van der Waals surface area contributed by atoms with Gasteiger partial charge in [-0.05, 0) is 29.7 Å². The Bertz CT molecular complexity index is 713. The highest BCUT2D eigenvalue weighted by atomic mass is 32.2. The Morgan fingerprint density at radius 2 is 1.83 bits per heavy atom. The highest BCUT2D eigenvalue weighted by molar-refractivity contribution is 7.89. The Balaban J connectivity index is 3.33. The van der Waals surface area contributed by atoms with Gasteiger partial charge in [0.1, 0.15) is 6.04 Å². The molecule has 0 aliphatic heterocycles. The molecule has 0 fully saturated rings. The van der Waals surface area contributed by atoms with Crippen molar-refractivity contribution in [3.8, 4) is 0 Å². The fraction of sp³-hybridized carbons (Fsp3) is 0.467. The molecule has 0 aliphatic rings. The van der Waals surface area contributed by atoms with Crippen LogP contribution in [-0.4, -0.2) is 45.7 Å². The predicted octanol–water partition coefficient (Wildman–Crippen LogP) is 1.01. The molecule has 0 bridgehead atoms. The van der Waals surface area contributed by atoms with Crippen molar-refractivity contribution in [2.24, 2.45) is 5.92 Å². The molecule has 0 amide bonds. The van der Waals surface area contributed by atoms with Gasteiger partial charge < -0.3 is 14.6 Å². The number of benzene rings is 1. The van der Waals surface area contributed by atoms with Crippen molar-refractivity contribution in [2.75, 3.05) is 14.2 Å². The van der Waals surface area contributed by atoms with Gasteiger partial charge in [-0.25, -0.2) is 13.2 Å². The predicted molar refractivity (Wildman–Crippen MR) is 85.1 cm³/mol. The summed E-state index contributed by atoms with van der Waals surface area (Å²) in [4.78, 5) is 22.7. The van der Waals surface area contributed by atoms with Crippen LogP contribution in [0.2, 0.25) is 0 Å². The van der Waals surface area contributed by atoms with Crippen molar-refractivity contribution in [3.63, 3.8) is 0 Å². The van der Waals surface area contributed by atoms with E-state index >= 15 is 0 Å². The number of nitrogens with one attached hydrogen (secondary N) is 1. The molecule has 1 aromatic carbocycles. The second kappa shape index (κ2) is 8.22. The number of rotatable bonds is 8. The molecule has 0 unspecified atom stereocenters. The van der Waals surface area contributed by atoms with Crippen molar-refractivity contribution in [3.05, 3.63) is 29.3 Å². The molecular formula is C15H21NO7S. The first kappa shape index (κ1) is 20.1. The van der Waals surface area contributed by atoms with E-state index in [9.17, 15) is 18.0 Å². The van der Waals surface area contributed by atoms with E-state index in [0.717, 1.165) is 6.07 Å². The van der Waals surface area contributed by atoms with Gasteiger partial charge in [-0.2, -0.15) is 4.72 Å². The van der Waals surface area contributed by atoms with Crippen molar-refractivity contribution >= 4 is 22.0 Å². The van der Waals surface area contributed by atoms with Crippen LogP contribution in [-0.2, 0) is 30.9 Å². The number of hydrogen-bond donors (Lipinski definition) is 2. The molecule has 8 nitrogen and oxygen atoms in total. The van der Waals surface area contributed by atoms with Crippen LogP contribution in [0.4, 0.5) is 0 Å². The fourth-order valence-electron chi connectivity index (χ4n) is 2.01. The molecule has 0 radical (unpaired) electrons. The minimum atomic E-state index is -4.15. The summed E-state index contributed by atoms with van der Waals surface area (Å²) in [5.74, 6) is -2.45. The second-order valence-corrected chi connectivity index (χ2v) is 7.19. The van der Waals surface area contributed by atoms with Crippen molar-refractivity contribution in [2.45, 2.75) is 31.4 Å². The van der Waals surface area contributed by atoms with E-state index in [0.29, 0.717) is 5.56 Å². The standard InChI is InChI=1S/C15H21NO7S/c1-9(2)13(14(17)18)16-24(20,21)12-6-10(8-22-3)5-11(7-12)15(19)23-4/h5-7,9,13,16H,8H2,1-4H3,(H,17,18)/t13-/m0/s1. The first-order valence-electron chi connectivity index (χ1n) is 7.08. The average molecular weight is 359 g/mol. The molecule has 0 heterocycles. The zero-order valence-electron chi connectivity index (χ0n) is 13.9. The Kier molecular flexibility index (Phi) is 6.88. The van der Waals surface area contributed by atoms with Crippen LogP contribution in [0, 0.1) is 5.92 Å². The van der Waals surface area contributed by atoms with Gasteiger partial charge in [0, 0.05) is 7.11 Å². The number of esters is 1. The molecule has 0 saturated carbocycles. The van der Waals surface area contributed by atoms with Crippen LogP contribution in [0.5, 0.6) is 0 Å². The molecule has 2 N–H and O–H groups in total. The molecule has 0 saturated heterocycles. The van der Waals surface area contributed by atoms with Gasteiger partial charge in [0.05, 0.1) is 24.2 Å². The number of hydrogen-bond acceptors (Lipinski definition) is 6. The van der Waals surface area contributed by atoms with Crippen LogP contribution in [0.15, 0.2) is 23.1 Å². The molecule has 24 heavy (non-hydrogen) atoms. The van der Waals surface area contributed by atoms with E-state index in [1.54, 1.807) is 13.8 Å². The SMILES string of the molecule is COCc1cc(C(=O)OC)cc(S(=O)(=O)N[C@H](C(=O)O)C(C)C)c1. The third kappa shape index (κ3) is 5.02. The zero-order chi connectivity index (χ0) is 18.5. The molecule has 1 aromatic rings. The second-order valence-electron chi connectivity index (χ2n) is 5.47. The summed E-state index contributed by atoms with van der Waals surface area (Å²) < 4.78 is 36.7. The largest absolute Gasteiger partial charge is 0.480 e. The van der Waals surface area contributed by atoms with E-state index in [-0.39, 0.29) is 17.1 Å². The normalized spacial score (nSPS) is 12.9. The number of sulfonamides is 1. The third-order valence-corrected chi connectivity index (χ3v) is 4.64. The third-order valence-electron chi connectivity index (χ3n) is 3.22. The molecule has 1 rings (SSSR count). The molecule has 134 valence electrons. The lowest BCUT2D eigenvalue weighted by molar-refractivity contribution is -0.140. The molecular weight excluding hydrogens is 338 g/mol. The fourth-order valence-corrected chi connectivity index (χ4v) is 3.44. The van der Waals surface area contributed by atoms with E-state index in [1.807, 2.05) is 0 Å². The van der Waals surface area contributed by atoms with E-state index < -0.39 is 33.9 Å². The molecule has 0 aliphatic carbocycles. The summed E-state index contributed by atoms with van der Waals surface area (Å²) in [5.41, 5.74) is 0.473. The number of methoxy groups -OCH3 is 2. The Morgan fingerprint density at radius 1 is 1.21 bits per heavy atom. The average Bonchev–Trinajstić information content (AvgIpc) is 2.51. The van der Waals surface area contributed by atoms with Gasteiger partial charge in [0.25, 0.3) is 0 Å². The van der Waals surface area contributed by atoms with Crippen LogP contribution in [0.25, 0.3) is 0 Å². The lowest BCUT2D eigenvalue weighted by Gasteiger charge is -2.18. The Morgan fingerprint density at radius 3 is 2.29 bits per heavy atom. The van der Waals surface area contributed by atoms with Crippen molar-refractivity contribution < 1.29 is 32.6 Å². The number of carboxylic acids is 1. The molecule has 0 spiro atoms. The zero-order valence-corrected chi connectivity index (χ0v) is 14.7. The summed E-state index contributed by atoms with van der Waals surface area (Å²) >= 11 is 0. The minimum Gasteiger partial charge on any atom is -0.480 e. The van der Waals surface area contributed by atoms with Gasteiger partial charge in [0.2, 0.25) is 10.0 Å². The summed E-state index contributed by atoms with van der Waals surface area (Å²) in [6.07, 6.45) is 0. The smallest absolute Gasteiger partial charge is 0.337 e. The van der Waals surface area contributed by atoms with Crippen LogP contribution >= 0.6 is 0 Å². The van der Waals surface area contributed by atoms with Crippen LogP contribution in [0.3, 0.4) is 0 Å². The molecule has 1 atom stereocenters. The molecule has 9 heteroatoms.